The zero-order valence-electron chi connectivity index (χ0n) is 11.4. The molecule has 1 spiro atoms. The second-order valence-corrected chi connectivity index (χ2v) is 6.20. The average molecular weight is 295 g/mol. The molecular formula is C15H19ClN2O2. The van der Waals surface area contributed by atoms with Crippen molar-refractivity contribution in [2.45, 2.75) is 19.3 Å². The van der Waals surface area contributed by atoms with Crippen LogP contribution in [0.25, 0.3) is 0 Å². The third kappa shape index (κ3) is 2.91. The first-order chi connectivity index (χ1) is 9.67. The first-order valence-corrected chi connectivity index (χ1v) is 7.44. The van der Waals surface area contributed by atoms with Gasteiger partial charge in [0.15, 0.2) is 0 Å². The van der Waals surface area contributed by atoms with Gasteiger partial charge in [-0.05, 0) is 37.5 Å². The molecule has 2 fully saturated rings. The van der Waals surface area contributed by atoms with Gasteiger partial charge in [0.05, 0.1) is 6.61 Å². The molecule has 5 heteroatoms. The van der Waals surface area contributed by atoms with E-state index in [4.69, 9.17) is 16.3 Å². The molecule has 2 saturated heterocycles. The molecule has 0 radical (unpaired) electrons. The van der Waals surface area contributed by atoms with Gasteiger partial charge in [0, 0.05) is 35.8 Å². The van der Waals surface area contributed by atoms with Crippen LogP contribution in [0.4, 0.5) is 10.5 Å². The molecule has 2 aliphatic heterocycles. The molecule has 1 N–H and O–H groups in total. The predicted octanol–water partition coefficient (Wildman–Crippen LogP) is 3.37. The quantitative estimate of drug-likeness (QED) is 0.863. The number of ether oxygens (including phenoxy) is 1. The number of carbonyl (C=O) groups is 1. The van der Waals surface area contributed by atoms with Crippen molar-refractivity contribution in [3.05, 3.63) is 29.3 Å². The predicted molar refractivity (Wildman–Crippen MR) is 79.1 cm³/mol. The number of halogens is 1. The Balaban J connectivity index is 1.65. The highest BCUT2D eigenvalue weighted by Crippen LogP contribution is 2.37. The molecule has 2 heterocycles. The fraction of sp³-hybridized carbons (Fsp3) is 0.533. The standard InChI is InChI=1S/C15H19ClN2O2/c16-12-3-1-4-13(9-12)17-14(19)18-7-2-5-15(10-18)6-8-20-11-15/h1,3-4,9H,2,5-8,10-11H2,(H,17,19). The van der Waals surface area contributed by atoms with Crippen LogP contribution in [0.15, 0.2) is 24.3 Å². The summed E-state index contributed by atoms with van der Waals surface area (Å²) in [4.78, 5) is 14.3. The summed E-state index contributed by atoms with van der Waals surface area (Å²) in [6.07, 6.45) is 3.27. The Bertz CT molecular complexity index is 500. The Morgan fingerprint density at radius 2 is 2.30 bits per heavy atom. The maximum atomic E-state index is 12.3. The van der Waals surface area contributed by atoms with Crippen molar-refractivity contribution < 1.29 is 9.53 Å². The van der Waals surface area contributed by atoms with Gasteiger partial charge in [-0.3, -0.25) is 0 Å². The van der Waals surface area contributed by atoms with Crippen molar-refractivity contribution in [1.29, 1.82) is 0 Å². The molecule has 0 aliphatic carbocycles. The second-order valence-electron chi connectivity index (χ2n) is 5.77. The van der Waals surface area contributed by atoms with Gasteiger partial charge < -0.3 is 15.0 Å². The van der Waals surface area contributed by atoms with Gasteiger partial charge in [-0.25, -0.2) is 4.79 Å². The molecule has 3 rings (SSSR count). The molecular weight excluding hydrogens is 276 g/mol. The summed E-state index contributed by atoms with van der Waals surface area (Å²) in [6.45, 7) is 3.21. The zero-order valence-corrected chi connectivity index (χ0v) is 12.2. The maximum Gasteiger partial charge on any atom is 0.321 e. The lowest BCUT2D eigenvalue weighted by Gasteiger charge is -2.39. The number of urea groups is 1. The fourth-order valence-corrected chi connectivity index (χ4v) is 3.31. The SMILES string of the molecule is O=C(Nc1cccc(Cl)c1)N1CCCC2(CCOC2)C1. The summed E-state index contributed by atoms with van der Waals surface area (Å²) >= 11 is 5.93. The number of hydrogen-bond donors (Lipinski definition) is 1. The van der Waals surface area contributed by atoms with E-state index < -0.39 is 0 Å². The molecule has 4 nitrogen and oxygen atoms in total. The van der Waals surface area contributed by atoms with Crippen LogP contribution in [0.3, 0.4) is 0 Å². The third-order valence-corrected chi connectivity index (χ3v) is 4.44. The average Bonchev–Trinajstić information content (AvgIpc) is 2.87. The van der Waals surface area contributed by atoms with Crippen LogP contribution >= 0.6 is 11.6 Å². The van der Waals surface area contributed by atoms with Crippen molar-refractivity contribution in [2.24, 2.45) is 5.41 Å². The number of amides is 2. The van der Waals surface area contributed by atoms with Crippen LogP contribution in [-0.4, -0.2) is 37.2 Å². The second kappa shape index (κ2) is 5.62. The third-order valence-electron chi connectivity index (χ3n) is 4.21. The van der Waals surface area contributed by atoms with Crippen molar-refractivity contribution in [3.63, 3.8) is 0 Å². The molecule has 0 bridgehead atoms. The highest BCUT2D eigenvalue weighted by molar-refractivity contribution is 6.30. The van der Waals surface area contributed by atoms with Gasteiger partial charge in [-0.15, -0.1) is 0 Å². The molecule has 0 aromatic heterocycles. The Hall–Kier alpha value is -1.26. The molecule has 1 aromatic carbocycles. The summed E-state index contributed by atoms with van der Waals surface area (Å²) in [7, 11) is 0. The Morgan fingerprint density at radius 1 is 1.40 bits per heavy atom. The van der Waals surface area contributed by atoms with Gasteiger partial charge in [-0.2, -0.15) is 0 Å². The van der Waals surface area contributed by atoms with E-state index in [2.05, 4.69) is 5.32 Å². The highest BCUT2D eigenvalue weighted by Gasteiger charge is 2.40. The summed E-state index contributed by atoms with van der Waals surface area (Å²) < 4.78 is 5.52. The first-order valence-electron chi connectivity index (χ1n) is 7.06. The van der Waals surface area contributed by atoms with E-state index in [-0.39, 0.29) is 11.4 Å². The lowest BCUT2D eigenvalue weighted by atomic mass is 9.79. The Labute approximate surface area is 124 Å². The summed E-state index contributed by atoms with van der Waals surface area (Å²) in [5.41, 5.74) is 0.925. The maximum absolute atomic E-state index is 12.3. The van der Waals surface area contributed by atoms with Gasteiger partial charge in [0.25, 0.3) is 0 Å². The van der Waals surface area contributed by atoms with E-state index in [1.807, 2.05) is 17.0 Å². The minimum atomic E-state index is -0.0433. The van der Waals surface area contributed by atoms with Crippen molar-refractivity contribution in [1.82, 2.24) is 4.90 Å². The van der Waals surface area contributed by atoms with E-state index in [1.165, 1.54) is 0 Å². The number of hydrogen-bond acceptors (Lipinski definition) is 2. The Kier molecular flexibility index (Phi) is 3.85. The number of piperidine rings is 1. The minimum absolute atomic E-state index is 0.0433. The van der Waals surface area contributed by atoms with E-state index in [0.717, 1.165) is 51.3 Å². The molecule has 1 aromatic rings. The zero-order chi connectivity index (χ0) is 14.0. The summed E-state index contributed by atoms with van der Waals surface area (Å²) in [5.74, 6) is 0. The van der Waals surface area contributed by atoms with E-state index >= 15 is 0 Å². The van der Waals surface area contributed by atoms with Gasteiger partial charge in [-0.1, -0.05) is 17.7 Å². The summed E-state index contributed by atoms with van der Waals surface area (Å²) in [5, 5.41) is 3.55. The Morgan fingerprint density at radius 3 is 3.05 bits per heavy atom. The van der Waals surface area contributed by atoms with Gasteiger partial charge in [0.1, 0.15) is 0 Å². The van der Waals surface area contributed by atoms with Gasteiger partial charge >= 0.3 is 6.03 Å². The van der Waals surface area contributed by atoms with Gasteiger partial charge in [0.2, 0.25) is 0 Å². The van der Waals surface area contributed by atoms with Crippen LogP contribution < -0.4 is 5.32 Å². The number of nitrogens with zero attached hydrogens (tertiary/aromatic N) is 1. The van der Waals surface area contributed by atoms with Crippen LogP contribution in [0.1, 0.15) is 19.3 Å². The minimum Gasteiger partial charge on any atom is -0.381 e. The molecule has 1 unspecified atom stereocenters. The van der Waals surface area contributed by atoms with Crippen LogP contribution in [-0.2, 0) is 4.74 Å². The van der Waals surface area contributed by atoms with E-state index in [1.54, 1.807) is 12.1 Å². The fourth-order valence-electron chi connectivity index (χ4n) is 3.12. The largest absolute Gasteiger partial charge is 0.381 e. The lowest BCUT2D eigenvalue weighted by Crippen LogP contribution is -2.48. The molecule has 108 valence electrons. The normalized spacial score (nSPS) is 25.9. The highest BCUT2D eigenvalue weighted by atomic mass is 35.5. The number of nitrogens with one attached hydrogen (secondary N) is 1. The monoisotopic (exact) mass is 294 g/mol. The van der Waals surface area contributed by atoms with Crippen LogP contribution in [0, 0.1) is 5.41 Å². The number of anilines is 1. The molecule has 2 amide bonds. The van der Waals surface area contributed by atoms with Crippen molar-refractivity contribution >= 4 is 23.3 Å². The van der Waals surface area contributed by atoms with E-state index in [9.17, 15) is 4.79 Å². The smallest absolute Gasteiger partial charge is 0.321 e. The van der Waals surface area contributed by atoms with Crippen LogP contribution in [0.2, 0.25) is 5.02 Å². The lowest BCUT2D eigenvalue weighted by molar-refractivity contribution is 0.0867. The number of likely N-dealkylation sites (tertiary alicyclic amines) is 1. The molecule has 20 heavy (non-hydrogen) atoms. The van der Waals surface area contributed by atoms with Crippen molar-refractivity contribution in [3.8, 4) is 0 Å². The molecule has 0 saturated carbocycles. The van der Waals surface area contributed by atoms with E-state index in [0.29, 0.717) is 5.02 Å². The first kappa shape index (κ1) is 13.7. The number of carbonyl (C=O) groups excluding carboxylic acids is 1. The molecule has 1 atom stereocenters. The summed E-state index contributed by atoms with van der Waals surface area (Å²) in [6, 6.07) is 7.20. The van der Waals surface area contributed by atoms with Crippen LogP contribution in [0.5, 0.6) is 0 Å². The number of benzene rings is 1. The molecule has 2 aliphatic rings. The number of rotatable bonds is 1. The topological polar surface area (TPSA) is 41.6 Å². The van der Waals surface area contributed by atoms with Crippen molar-refractivity contribution in [2.75, 3.05) is 31.6 Å².